The van der Waals surface area contributed by atoms with Gasteiger partial charge in [-0.1, -0.05) is 0 Å². The summed E-state index contributed by atoms with van der Waals surface area (Å²) in [5.41, 5.74) is 0.128. The number of carbonyl (C=O) groups is 1. The third-order valence-electron chi connectivity index (χ3n) is 3.61. The number of anilines is 1. The van der Waals surface area contributed by atoms with Crippen LogP contribution in [0.3, 0.4) is 0 Å². The largest absolute Gasteiger partial charge is 0.485 e. The maximum Gasteiger partial charge on any atom is 0.321 e. The second kappa shape index (κ2) is 8.05. The molecule has 23 heavy (non-hydrogen) atoms. The average molecular weight is 332 g/mol. The zero-order chi connectivity index (χ0) is 16.8. The molecule has 2 N–H and O–H groups in total. The van der Waals surface area contributed by atoms with Crippen molar-refractivity contribution in [1.82, 2.24) is 4.90 Å². The van der Waals surface area contributed by atoms with Crippen LogP contribution in [0.25, 0.3) is 0 Å². The van der Waals surface area contributed by atoms with Gasteiger partial charge in [-0.15, -0.1) is 0 Å². The van der Waals surface area contributed by atoms with Crippen LogP contribution in [0, 0.1) is 11.7 Å². The van der Waals surface area contributed by atoms with Crippen LogP contribution in [0.15, 0.2) is 18.2 Å². The van der Waals surface area contributed by atoms with Crippen LogP contribution >= 0.6 is 0 Å². The lowest BCUT2D eigenvalue weighted by Gasteiger charge is -2.32. The average Bonchev–Trinajstić information content (AvgIpc) is 2.54. The number of hydrogen-bond acceptors (Lipinski definition) is 3. The molecule has 1 aliphatic rings. The number of aliphatic hydroxyl groups excluding tert-OH is 1. The molecule has 2 rings (SSSR count). The van der Waals surface area contributed by atoms with Crippen molar-refractivity contribution >= 4 is 11.7 Å². The molecule has 0 saturated carbocycles. The minimum atomic E-state index is -2.70. The van der Waals surface area contributed by atoms with Crippen molar-refractivity contribution < 1.29 is 27.8 Å². The lowest BCUT2D eigenvalue weighted by atomic mass is 9.99. The molecule has 1 aromatic rings. The molecule has 2 amide bonds. The highest BCUT2D eigenvalue weighted by Crippen LogP contribution is 2.27. The standard InChI is InChI=1S/C15H19F3N2O3/c16-11-3-4-12(13(6-11)23-9-14(17)18)19-15(22)20-5-1-2-10(7-20)8-21/h3-4,6,10,14,21H,1-2,5,7-9H2,(H,19,22). The molecule has 0 aromatic heterocycles. The number of alkyl halides is 2. The number of likely N-dealkylation sites (tertiary alicyclic amines) is 1. The van der Waals surface area contributed by atoms with E-state index in [0.29, 0.717) is 13.1 Å². The maximum atomic E-state index is 13.2. The first-order valence-corrected chi connectivity index (χ1v) is 7.37. The number of halogens is 3. The van der Waals surface area contributed by atoms with Gasteiger partial charge in [-0.05, 0) is 30.9 Å². The van der Waals surface area contributed by atoms with Crippen molar-refractivity contribution in [3.05, 3.63) is 24.0 Å². The van der Waals surface area contributed by atoms with E-state index >= 15 is 0 Å². The third kappa shape index (κ3) is 5.02. The van der Waals surface area contributed by atoms with Crippen molar-refractivity contribution in [2.75, 3.05) is 31.6 Å². The minimum absolute atomic E-state index is 0.00305. The van der Waals surface area contributed by atoms with E-state index in [4.69, 9.17) is 4.74 Å². The molecule has 1 atom stereocenters. The van der Waals surface area contributed by atoms with Gasteiger partial charge in [0.15, 0.2) is 0 Å². The summed E-state index contributed by atoms with van der Waals surface area (Å²) >= 11 is 0. The van der Waals surface area contributed by atoms with Gasteiger partial charge in [0, 0.05) is 25.8 Å². The van der Waals surface area contributed by atoms with Gasteiger partial charge in [0.25, 0.3) is 6.43 Å². The van der Waals surface area contributed by atoms with E-state index < -0.39 is 24.9 Å². The van der Waals surface area contributed by atoms with Crippen LogP contribution in [0.5, 0.6) is 5.75 Å². The first-order valence-electron chi connectivity index (χ1n) is 7.37. The second-order valence-electron chi connectivity index (χ2n) is 5.41. The van der Waals surface area contributed by atoms with Gasteiger partial charge in [0.2, 0.25) is 0 Å². The van der Waals surface area contributed by atoms with Crippen molar-refractivity contribution in [2.24, 2.45) is 5.92 Å². The molecule has 8 heteroatoms. The summed E-state index contributed by atoms with van der Waals surface area (Å²) < 4.78 is 42.6. The van der Waals surface area contributed by atoms with E-state index in [2.05, 4.69) is 5.32 Å². The van der Waals surface area contributed by atoms with Crippen LogP contribution in [-0.4, -0.2) is 48.8 Å². The number of ether oxygens (including phenoxy) is 1. The molecule has 1 heterocycles. The van der Waals surface area contributed by atoms with E-state index in [-0.39, 0.29) is 24.0 Å². The van der Waals surface area contributed by atoms with Crippen LogP contribution in [0.4, 0.5) is 23.7 Å². The van der Waals surface area contributed by atoms with Gasteiger partial charge in [-0.3, -0.25) is 0 Å². The summed E-state index contributed by atoms with van der Waals surface area (Å²) in [6.45, 7) is 0.0687. The summed E-state index contributed by atoms with van der Waals surface area (Å²) in [6.07, 6.45) is -1.08. The summed E-state index contributed by atoms with van der Waals surface area (Å²) in [7, 11) is 0. The maximum absolute atomic E-state index is 13.2. The first kappa shape index (κ1) is 17.4. The van der Waals surface area contributed by atoms with Gasteiger partial charge in [0.1, 0.15) is 18.2 Å². The number of nitrogens with one attached hydrogen (secondary N) is 1. The van der Waals surface area contributed by atoms with Crippen LogP contribution < -0.4 is 10.1 Å². The number of aliphatic hydroxyl groups is 1. The number of rotatable bonds is 5. The number of urea groups is 1. The number of nitrogens with zero attached hydrogens (tertiary/aromatic N) is 1. The molecule has 5 nitrogen and oxygen atoms in total. The van der Waals surface area contributed by atoms with E-state index in [1.807, 2.05) is 0 Å². The van der Waals surface area contributed by atoms with Crippen molar-refractivity contribution in [3.63, 3.8) is 0 Å². The molecule has 1 unspecified atom stereocenters. The predicted octanol–water partition coefficient (Wildman–Crippen LogP) is 2.71. The highest BCUT2D eigenvalue weighted by atomic mass is 19.3. The smallest absolute Gasteiger partial charge is 0.321 e. The Bertz CT molecular complexity index is 543. The molecule has 1 fully saturated rings. The Morgan fingerprint density at radius 2 is 2.26 bits per heavy atom. The van der Waals surface area contributed by atoms with Gasteiger partial charge in [0.05, 0.1) is 5.69 Å². The van der Waals surface area contributed by atoms with E-state index in [9.17, 15) is 23.1 Å². The number of benzene rings is 1. The fourth-order valence-electron chi connectivity index (χ4n) is 2.46. The predicted molar refractivity (Wildman–Crippen MR) is 78.3 cm³/mol. The molecular formula is C15H19F3N2O3. The minimum Gasteiger partial charge on any atom is -0.485 e. The van der Waals surface area contributed by atoms with Gasteiger partial charge >= 0.3 is 6.03 Å². The summed E-state index contributed by atoms with van der Waals surface area (Å²) in [5, 5.41) is 11.7. The van der Waals surface area contributed by atoms with Gasteiger partial charge in [-0.2, -0.15) is 0 Å². The molecule has 0 bridgehead atoms. The second-order valence-corrected chi connectivity index (χ2v) is 5.41. The quantitative estimate of drug-likeness (QED) is 0.871. The number of piperidine rings is 1. The Labute approximate surface area is 132 Å². The Morgan fingerprint density at radius 1 is 1.48 bits per heavy atom. The molecular weight excluding hydrogens is 313 g/mol. The molecule has 1 saturated heterocycles. The lowest BCUT2D eigenvalue weighted by Crippen LogP contribution is -2.43. The zero-order valence-corrected chi connectivity index (χ0v) is 12.5. The van der Waals surface area contributed by atoms with Crippen molar-refractivity contribution in [2.45, 2.75) is 19.3 Å². The third-order valence-corrected chi connectivity index (χ3v) is 3.61. The van der Waals surface area contributed by atoms with E-state index in [0.717, 1.165) is 25.0 Å². The Hall–Kier alpha value is -1.96. The number of carbonyl (C=O) groups excluding carboxylic acids is 1. The summed E-state index contributed by atoms with van der Waals surface area (Å²) in [5.74, 6) is -0.766. The first-order chi connectivity index (χ1) is 11.0. The van der Waals surface area contributed by atoms with Gasteiger partial charge in [-0.25, -0.2) is 18.0 Å². The molecule has 0 spiro atoms. The van der Waals surface area contributed by atoms with Gasteiger partial charge < -0.3 is 20.1 Å². The van der Waals surface area contributed by atoms with Crippen LogP contribution in [0.1, 0.15) is 12.8 Å². The lowest BCUT2D eigenvalue weighted by molar-refractivity contribution is 0.0821. The fraction of sp³-hybridized carbons (Fsp3) is 0.533. The Morgan fingerprint density at radius 3 is 2.96 bits per heavy atom. The van der Waals surface area contributed by atoms with E-state index in [1.54, 1.807) is 0 Å². The highest BCUT2D eigenvalue weighted by Gasteiger charge is 2.24. The highest BCUT2D eigenvalue weighted by molar-refractivity contribution is 5.91. The summed E-state index contributed by atoms with van der Waals surface area (Å²) in [4.78, 5) is 13.8. The number of amides is 2. The molecule has 0 aliphatic carbocycles. The van der Waals surface area contributed by atoms with Crippen molar-refractivity contribution in [1.29, 1.82) is 0 Å². The zero-order valence-electron chi connectivity index (χ0n) is 12.5. The molecule has 0 radical (unpaired) electrons. The molecule has 1 aliphatic heterocycles. The van der Waals surface area contributed by atoms with E-state index in [1.165, 1.54) is 11.0 Å². The number of hydrogen-bond donors (Lipinski definition) is 2. The Kier molecular flexibility index (Phi) is 6.09. The Balaban J connectivity index is 2.04. The summed E-state index contributed by atoms with van der Waals surface area (Å²) in [6, 6.07) is 2.89. The SMILES string of the molecule is O=C(Nc1ccc(F)cc1OCC(F)F)N1CCCC(CO)C1. The monoisotopic (exact) mass is 332 g/mol. The topological polar surface area (TPSA) is 61.8 Å². The normalized spacial score (nSPS) is 18.1. The van der Waals surface area contributed by atoms with Crippen LogP contribution in [0.2, 0.25) is 0 Å². The fourth-order valence-corrected chi connectivity index (χ4v) is 2.46. The molecule has 128 valence electrons. The molecule has 1 aromatic carbocycles. The van der Waals surface area contributed by atoms with Crippen LogP contribution in [-0.2, 0) is 0 Å². The van der Waals surface area contributed by atoms with Crippen molar-refractivity contribution in [3.8, 4) is 5.75 Å².